The maximum atomic E-state index is 2.74. The molecule has 204 valence electrons. The van der Waals surface area contributed by atoms with Gasteiger partial charge in [-0.25, -0.2) is 0 Å². The molecule has 0 fully saturated rings. The summed E-state index contributed by atoms with van der Waals surface area (Å²) in [7, 11) is 0. The predicted octanol–water partition coefficient (Wildman–Crippen LogP) is 3.60. The fourth-order valence-corrected chi connectivity index (χ4v) is 29.1. The topological polar surface area (TPSA) is 0 Å². The molecule has 0 saturated heterocycles. The zero-order valence-corrected chi connectivity index (χ0v) is 29.7. The van der Waals surface area contributed by atoms with Crippen molar-refractivity contribution in [2.24, 2.45) is 0 Å². The minimum absolute atomic E-state index is 0. The fourth-order valence-electron chi connectivity index (χ4n) is 7.96. The molecular weight excluding hydrogens is 623 g/mol. The van der Waals surface area contributed by atoms with Gasteiger partial charge in [0.1, 0.15) is 0 Å². The Labute approximate surface area is 255 Å². The fraction of sp³-hybridized carbons (Fsp3) is 0.222. The molecule has 0 radical (unpaired) electrons. The van der Waals surface area contributed by atoms with Crippen LogP contribution in [0.5, 0.6) is 0 Å². The number of halogens is 2. The Kier molecular flexibility index (Phi) is 8.55. The minimum atomic E-state index is -3.55. The van der Waals surface area contributed by atoms with Crippen molar-refractivity contribution in [3.05, 3.63) is 129 Å². The summed E-state index contributed by atoms with van der Waals surface area (Å²) >= 11 is -3.55. The molecule has 40 heavy (non-hydrogen) atoms. The van der Waals surface area contributed by atoms with Gasteiger partial charge in [0.15, 0.2) is 0 Å². The van der Waals surface area contributed by atoms with Crippen LogP contribution in [0.25, 0.3) is 34.4 Å². The molecule has 0 amide bonds. The van der Waals surface area contributed by atoms with Crippen molar-refractivity contribution < 1.29 is 42.2 Å². The van der Waals surface area contributed by atoms with Crippen LogP contribution in [0.2, 0.25) is 9.26 Å². The van der Waals surface area contributed by atoms with Crippen LogP contribution in [0.1, 0.15) is 54.5 Å². The molecule has 0 saturated carbocycles. The first-order valence-corrected chi connectivity index (χ1v) is 27.5. The SMILES string of the molecule is CC1=Cc2c(-c3ccccc3)cc(C)cc2[CH]1[Zr+2]([CH3])([CH3])(=[SiH2])[CH]1C(C)=Cc2c(-c3ccccc3)cc(C)cc21.[Cl-].[Cl-]. The van der Waals surface area contributed by atoms with Gasteiger partial charge in [0.05, 0.1) is 0 Å². The van der Waals surface area contributed by atoms with E-state index in [2.05, 4.69) is 141 Å². The van der Waals surface area contributed by atoms with E-state index < -0.39 is 17.4 Å². The Hall–Kier alpha value is -1.96. The molecule has 0 N–H and O–H groups in total. The first kappa shape index (κ1) is 31.0. The maximum Gasteiger partial charge on any atom is -1.00 e. The number of rotatable bonds is 4. The smallest absolute Gasteiger partial charge is 1.00 e. The molecule has 0 bridgehead atoms. The molecule has 0 spiro atoms. The number of benzene rings is 4. The number of fused-ring (bicyclic) bond motifs is 2. The molecule has 2 unspecified atom stereocenters. The Morgan fingerprint density at radius 3 is 1.25 bits per heavy atom. The summed E-state index contributed by atoms with van der Waals surface area (Å²) in [6, 6.07) is 31.7. The predicted molar refractivity (Wildman–Crippen MR) is 166 cm³/mol. The van der Waals surface area contributed by atoms with Crippen LogP contribution >= 0.6 is 0 Å². The summed E-state index contributed by atoms with van der Waals surface area (Å²) in [5.41, 5.74) is 17.3. The molecule has 2 aliphatic rings. The average molecular weight is 661 g/mol. The molecule has 2 aliphatic carbocycles. The molecule has 6 rings (SSSR count). The number of allylic oxidation sites excluding steroid dienone is 2. The van der Waals surface area contributed by atoms with Crippen LogP contribution in [0, 0.1) is 13.8 Å². The monoisotopic (exact) mass is 658 g/mol. The van der Waals surface area contributed by atoms with E-state index in [1.54, 1.807) is 22.3 Å². The first-order chi connectivity index (χ1) is 18.0. The van der Waals surface area contributed by atoms with Gasteiger partial charge < -0.3 is 24.8 Å². The second-order valence-corrected chi connectivity index (χ2v) is 43.4. The van der Waals surface area contributed by atoms with Crippen molar-refractivity contribution in [2.75, 3.05) is 0 Å². The van der Waals surface area contributed by atoms with Crippen molar-refractivity contribution in [1.82, 2.24) is 0 Å². The van der Waals surface area contributed by atoms with Crippen LogP contribution in [0.15, 0.2) is 96.1 Å². The normalized spacial score (nSPS) is 17.1. The summed E-state index contributed by atoms with van der Waals surface area (Å²) in [5, 5.41) is 0. The van der Waals surface area contributed by atoms with Crippen molar-refractivity contribution in [1.29, 1.82) is 0 Å². The quantitative estimate of drug-likeness (QED) is 0.294. The largest absolute Gasteiger partial charge is 1.00 e. The Morgan fingerprint density at radius 2 is 0.900 bits per heavy atom. The molecule has 0 nitrogen and oxygen atoms in total. The second-order valence-electron chi connectivity index (χ2n) is 12.9. The zero-order chi connectivity index (χ0) is 26.8. The second kappa shape index (κ2) is 11.0. The maximum absolute atomic E-state index is 3.55. The first-order valence-electron chi connectivity index (χ1n) is 13.9. The van der Waals surface area contributed by atoms with Crippen molar-refractivity contribution in [3.63, 3.8) is 0 Å². The molecule has 4 heteroatoms. The van der Waals surface area contributed by atoms with E-state index in [0.717, 1.165) is 0 Å². The van der Waals surface area contributed by atoms with Crippen LogP contribution < -0.4 is 24.8 Å². The van der Waals surface area contributed by atoms with Gasteiger partial charge in [-0.2, -0.15) is 0 Å². The number of aryl methyl sites for hydroxylation is 2. The Bertz CT molecular complexity index is 1600. The average Bonchev–Trinajstić information content (AvgIpc) is 3.40. The van der Waals surface area contributed by atoms with Crippen molar-refractivity contribution >= 4 is 19.0 Å². The van der Waals surface area contributed by atoms with Crippen LogP contribution in [-0.2, 0) is 17.4 Å². The van der Waals surface area contributed by atoms with E-state index >= 15 is 0 Å². The van der Waals surface area contributed by atoms with Crippen molar-refractivity contribution in [2.45, 2.75) is 44.2 Å². The van der Waals surface area contributed by atoms with E-state index in [9.17, 15) is 0 Å². The van der Waals surface area contributed by atoms with Gasteiger partial charge in [-0.3, -0.25) is 0 Å². The zero-order valence-electron chi connectivity index (χ0n) is 24.4. The molecule has 0 heterocycles. The summed E-state index contributed by atoms with van der Waals surface area (Å²) in [6.07, 6.45) is 5.05. The van der Waals surface area contributed by atoms with Gasteiger partial charge in [0, 0.05) is 0 Å². The van der Waals surface area contributed by atoms with E-state index in [1.165, 1.54) is 44.5 Å². The summed E-state index contributed by atoms with van der Waals surface area (Å²) in [6.45, 7) is 11.8. The summed E-state index contributed by atoms with van der Waals surface area (Å²) in [5.74, 6) is 0. The summed E-state index contributed by atoms with van der Waals surface area (Å²) < 4.78 is 6.55. The number of hydrogen-bond donors (Lipinski definition) is 0. The van der Waals surface area contributed by atoms with Gasteiger partial charge in [0.25, 0.3) is 0 Å². The van der Waals surface area contributed by atoms with Gasteiger partial charge in [-0.15, -0.1) is 0 Å². The van der Waals surface area contributed by atoms with Gasteiger partial charge >= 0.3 is 232 Å². The van der Waals surface area contributed by atoms with Crippen molar-refractivity contribution in [3.8, 4) is 22.3 Å². The standard InChI is InChI=1S/2C17H15.2CH3.2ClH.H2Si.Zr/c2*1-12-8-15-9-13(2)11-17(15)16(10-12)14-6-4-3-5-7-14;;;;;;/h2*3-11H,1-2H3;2*1H3;2*1H;1H2;/q;;;;;;;+2/p-2. The van der Waals surface area contributed by atoms with E-state index in [-0.39, 0.29) is 24.8 Å². The molecular formula is C36H38Cl2SiZr. The molecule has 2 atom stereocenters. The van der Waals surface area contributed by atoms with E-state index in [0.29, 0.717) is 7.25 Å². The van der Waals surface area contributed by atoms with Gasteiger partial charge in [-0.05, 0) is 0 Å². The van der Waals surface area contributed by atoms with Gasteiger partial charge in [0.2, 0.25) is 0 Å². The molecule has 4 aromatic rings. The van der Waals surface area contributed by atoms with Crippen LogP contribution in [-0.4, -0.2) is 6.88 Å². The minimum Gasteiger partial charge on any atom is -1.00 e. The van der Waals surface area contributed by atoms with E-state index in [1.807, 2.05) is 0 Å². The Balaban J connectivity index is 0.00000185. The van der Waals surface area contributed by atoms with Crippen LogP contribution in [0.4, 0.5) is 0 Å². The molecule has 4 aromatic carbocycles. The molecule has 0 aromatic heterocycles. The number of hydrogen-bond acceptors (Lipinski definition) is 0. The van der Waals surface area contributed by atoms with E-state index in [4.69, 9.17) is 0 Å². The third-order valence-corrected chi connectivity index (χ3v) is 27.0. The molecule has 0 aliphatic heterocycles. The third-order valence-electron chi connectivity index (χ3n) is 9.06. The summed E-state index contributed by atoms with van der Waals surface area (Å²) in [4.78, 5) is 0. The Morgan fingerprint density at radius 1 is 0.550 bits per heavy atom. The van der Waals surface area contributed by atoms with Gasteiger partial charge in [-0.1, -0.05) is 0 Å². The van der Waals surface area contributed by atoms with Crippen LogP contribution in [0.3, 0.4) is 0 Å². The third kappa shape index (κ3) is 5.00.